The molecule has 0 unspecified atom stereocenters. The van der Waals surface area contributed by atoms with Gasteiger partial charge in [-0.05, 0) is 41.4 Å². The number of carbonyl (C=O) groups excluding carboxylic acids is 1. The lowest BCUT2D eigenvalue weighted by atomic mass is 10.3. The number of carbonyl (C=O) groups is 1. The standard InChI is InChI=1S/C12H14BrN3O2/c1-7-5-9(13)6-16-10(8(2)14-11(7)16)12(17)15(3)18-4/h5-6H,1-4H3. The topological polar surface area (TPSA) is 46.8 Å². The molecule has 6 heteroatoms. The highest BCUT2D eigenvalue weighted by Crippen LogP contribution is 2.21. The summed E-state index contributed by atoms with van der Waals surface area (Å²) in [4.78, 5) is 21.6. The van der Waals surface area contributed by atoms with Crippen LogP contribution in [0.4, 0.5) is 0 Å². The van der Waals surface area contributed by atoms with Crippen molar-refractivity contribution >= 4 is 27.5 Å². The molecule has 1 amide bonds. The van der Waals surface area contributed by atoms with Gasteiger partial charge in [0.05, 0.1) is 12.8 Å². The van der Waals surface area contributed by atoms with Crippen molar-refractivity contribution in [1.29, 1.82) is 0 Å². The summed E-state index contributed by atoms with van der Waals surface area (Å²) >= 11 is 3.43. The number of hydrogen-bond acceptors (Lipinski definition) is 3. The number of pyridine rings is 1. The third-order valence-corrected chi connectivity index (χ3v) is 3.24. The van der Waals surface area contributed by atoms with Crippen molar-refractivity contribution in [2.24, 2.45) is 0 Å². The molecule has 0 N–H and O–H groups in total. The Balaban J connectivity index is 2.71. The molecule has 0 saturated heterocycles. The van der Waals surface area contributed by atoms with E-state index >= 15 is 0 Å². The molecule has 0 aliphatic heterocycles. The van der Waals surface area contributed by atoms with Crippen molar-refractivity contribution in [3.8, 4) is 0 Å². The zero-order chi connectivity index (χ0) is 13.4. The number of fused-ring (bicyclic) bond motifs is 1. The third-order valence-electron chi connectivity index (χ3n) is 2.81. The van der Waals surface area contributed by atoms with Gasteiger partial charge in [0.25, 0.3) is 5.91 Å². The van der Waals surface area contributed by atoms with Gasteiger partial charge >= 0.3 is 0 Å². The average molecular weight is 312 g/mol. The number of nitrogens with zero attached hydrogens (tertiary/aromatic N) is 3. The van der Waals surface area contributed by atoms with Gasteiger partial charge in [-0.3, -0.25) is 14.0 Å². The van der Waals surface area contributed by atoms with Gasteiger partial charge in [0, 0.05) is 17.7 Å². The molecular weight excluding hydrogens is 298 g/mol. The molecule has 0 saturated carbocycles. The number of halogens is 1. The van der Waals surface area contributed by atoms with E-state index in [1.807, 2.05) is 26.1 Å². The summed E-state index contributed by atoms with van der Waals surface area (Å²) < 4.78 is 2.69. The summed E-state index contributed by atoms with van der Waals surface area (Å²) in [6, 6.07) is 1.97. The van der Waals surface area contributed by atoms with Crippen LogP contribution in [0.15, 0.2) is 16.7 Å². The van der Waals surface area contributed by atoms with Crippen molar-refractivity contribution in [1.82, 2.24) is 14.4 Å². The second kappa shape index (κ2) is 4.70. The molecule has 2 rings (SSSR count). The third kappa shape index (κ3) is 2.02. The van der Waals surface area contributed by atoms with E-state index in [0.29, 0.717) is 11.4 Å². The van der Waals surface area contributed by atoms with Crippen molar-refractivity contribution in [2.45, 2.75) is 13.8 Å². The van der Waals surface area contributed by atoms with Gasteiger partial charge in [0.2, 0.25) is 0 Å². The second-order valence-electron chi connectivity index (χ2n) is 4.07. The molecule has 96 valence electrons. The Labute approximate surface area is 113 Å². The fraction of sp³-hybridized carbons (Fsp3) is 0.333. The van der Waals surface area contributed by atoms with E-state index in [9.17, 15) is 4.79 Å². The summed E-state index contributed by atoms with van der Waals surface area (Å²) in [5.74, 6) is -0.222. The molecular formula is C12H14BrN3O2. The Morgan fingerprint density at radius 1 is 1.50 bits per heavy atom. The van der Waals surface area contributed by atoms with Crippen LogP contribution in [0.1, 0.15) is 21.7 Å². The predicted octanol–water partition coefficient (Wildman–Crippen LogP) is 2.35. The highest BCUT2D eigenvalue weighted by atomic mass is 79.9. The Hall–Kier alpha value is -1.40. The Morgan fingerprint density at radius 3 is 2.78 bits per heavy atom. The monoisotopic (exact) mass is 311 g/mol. The molecule has 0 spiro atoms. The van der Waals surface area contributed by atoms with Crippen molar-refractivity contribution in [2.75, 3.05) is 14.2 Å². The molecule has 0 fully saturated rings. The maximum atomic E-state index is 12.2. The largest absolute Gasteiger partial charge is 0.296 e. The minimum atomic E-state index is -0.222. The van der Waals surface area contributed by atoms with Gasteiger partial charge in [-0.15, -0.1) is 0 Å². The molecule has 0 aliphatic rings. The quantitative estimate of drug-likeness (QED) is 0.800. The maximum absolute atomic E-state index is 12.2. The van der Waals surface area contributed by atoms with Crippen molar-refractivity contribution < 1.29 is 9.63 Å². The highest BCUT2D eigenvalue weighted by Gasteiger charge is 2.21. The van der Waals surface area contributed by atoms with Gasteiger partial charge < -0.3 is 0 Å². The maximum Gasteiger partial charge on any atom is 0.296 e. The fourth-order valence-electron chi connectivity index (χ4n) is 1.87. The van der Waals surface area contributed by atoms with Crippen LogP contribution in [0.2, 0.25) is 0 Å². The number of imidazole rings is 1. The van der Waals surface area contributed by atoms with Crippen LogP contribution in [-0.2, 0) is 4.84 Å². The first-order chi connectivity index (χ1) is 8.45. The van der Waals surface area contributed by atoms with E-state index in [1.54, 1.807) is 11.4 Å². The van der Waals surface area contributed by atoms with Gasteiger partial charge in [-0.25, -0.2) is 10.0 Å². The van der Waals surface area contributed by atoms with E-state index < -0.39 is 0 Å². The Bertz CT molecular complexity index is 621. The van der Waals surface area contributed by atoms with Crippen LogP contribution >= 0.6 is 15.9 Å². The number of hydrogen-bond donors (Lipinski definition) is 0. The molecule has 5 nitrogen and oxygen atoms in total. The Morgan fingerprint density at radius 2 is 2.17 bits per heavy atom. The van der Waals surface area contributed by atoms with Crippen LogP contribution in [0.25, 0.3) is 5.65 Å². The molecule has 2 heterocycles. The zero-order valence-corrected chi connectivity index (χ0v) is 12.3. The van der Waals surface area contributed by atoms with Gasteiger partial charge in [0.1, 0.15) is 11.3 Å². The van der Waals surface area contributed by atoms with Crippen LogP contribution in [0.3, 0.4) is 0 Å². The molecule has 0 radical (unpaired) electrons. The highest BCUT2D eigenvalue weighted by molar-refractivity contribution is 9.10. The first-order valence-corrected chi connectivity index (χ1v) is 6.22. The normalized spacial score (nSPS) is 10.9. The molecule has 0 aromatic carbocycles. The number of rotatable bonds is 2. The van der Waals surface area contributed by atoms with Crippen LogP contribution in [-0.4, -0.2) is 34.5 Å². The van der Waals surface area contributed by atoms with Crippen LogP contribution in [0.5, 0.6) is 0 Å². The lowest BCUT2D eigenvalue weighted by Gasteiger charge is -2.13. The zero-order valence-electron chi connectivity index (χ0n) is 10.7. The van der Waals surface area contributed by atoms with E-state index in [-0.39, 0.29) is 5.91 Å². The minimum Gasteiger partial charge on any atom is -0.294 e. The molecule has 0 bridgehead atoms. The number of hydroxylamine groups is 2. The first-order valence-electron chi connectivity index (χ1n) is 5.42. The number of aromatic nitrogens is 2. The molecule has 0 aliphatic carbocycles. The van der Waals surface area contributed by atoms with Crippen LogP contribution < -0.4 is 0 Å². The SMILES string of the molecule is CON(C)C(=O)c1c(C)nc2c(C)cc(Br)cn12. The second-order valence-corrected chi connectivity index (χ2v) is 4.98. The summed E-state index contributed by atoms with van der Waals surface area (Å²) in [6.07, 6.45) is 1.83. The smallest absolute Gasteiger partial charge is 0.294 e. The number of aryl methyl sites for hydroxylation is 2. The lowest BCUT2D eigenvalue weighted by Crippen LogP contribution is -2.27. The van der Waals surface area contributed by atoms with E-state index in [2.05, 4.69) is 20.9 Å². The van der Waals surface area contributed by atoms with Crippen LogP contribution in [0, 0.1) is 13.8 Å². The molecule has 18 heavy (non-hydrogen) atoms. The summed E-state index contributed by atoms with van der Waals surface area (Å²) in [5, 5.41) is 1.19. The number of amides is 1. The van der Waals surface area contributed by atoms with Crippen molar-refractivity contribution in [3.05, 3.63) is 33.7 Å². The van der Waals surface area contributed by atoms with Gasteiger partial charge in [-0.2, -0.15) is 0 Å². The molecule has 2 aromatic heterocycles. The Kier molecular flexibility index (Phi) is 3.41. The summed E-state index contributed by atoms with van der Waals surface area (Å²) in [5.41, 5.74) is 2.99. The molecule has 0 atom stereocenters. The van der Waals surface area contributed by atoms with Gasteiger partial charge in [0.15, 0.2) is 0 Å². The molecule has 2 aromatic rings. The van der Waals surface area contributed by atoms with E-state index in [4.69, 9.17) is 4.84 Å². The van der Waals surface area contributed by atoms with E-state index in [1.165, 1.54) is 12.2 Å². The average Bonchev–Trinajstić information content (AvgIpc) is 2.64. The summed E-state index contributed by atoms with van der Waals surface area (Å²) in [6.45, 7) is 3.78. The lowest BCUT2D eigenvalue weighted by molar-refractivity contribution is -0.0761. The predicted molar refractivity (Wildman–Crippen MR) is 71.5 cm³/mol. The fourth-order valence-corrected chi connectivity index (χ4v) is 2.42. The first kappa shape index (κ1) is 13.0. The van der Waals surface area contributed by atoms with Gasteiger partial charge in [-0.1, -0.05) is 0 Å². The van der Waals surface area contributed by atoms with Crippen molar-refractivity contribution in [3.63, 3.8) is 0 Å². The minimum absolute atomic E-state index is 0.222. The summed E-state index contributed by atoms with van der Waals surface area (Å²) in [7, 11) is 3.03. The van der Waals surface area contributed by atoms with E-state index in [0.717, 1.165) is 15.7 Å².